The number of nitrogens with zero attached hydrogens (tertiary/aromatic N) is 2. The van der Waals surface area contributed by atoms with E-state index in [1.165, 1.54) is 13.0 Å². The number of carbonyl (C=O) groups excluding carboxylic acids is 1. The number of allylic oxidation sites excluding steroid dienone is 3. The van der Waals surface area contributed by atoms with Crippen molar-refractivity contribution in [2.75, 3.05) is 6.61 Å². The van der Waals surface area contributed by atoms with E-state index < -0.39 is 6.10 Å². The monoisotopic (exact) mass is 232 g/mol. The van der Waals surface area contributed by atoms with Gasteiger partial charge in [0.2, 0.25) is 0 Å². The fourth-order valence-electron chi connectivity index (χ4n) is 1.10. The minimum Gasteiger partial charge on any atom is -0.365 e. The first-order valence-electron chi connectivity index (χ1n) is 5.38. The lowest BCUT2D eigenvalue weighted by atomic mass is 10.1. The molecule has 0 aliphatic carbocycles. The number of rotatable bonds is 6. The number of Topliss-reactive ketones (excluding diaryl/α,β-unsaturated/α-hetero) is 1. The van der Waals surface area contributed by atoms with Crippen LogP contribution in [-0.2, 0) is 9.53 Å². The van der Waals surface area contributed by atoms with Crippen molar-refractivity contribution in [3.8, 4) is 12.1 Å². The number of ketones is 1. The highest BCUT2D eigenvalue weighted by Gasteiger charge is 2.10. The Morgan fingerprint density at radius 2 is 2.06 bits per heavy atom. The molecule has 0 fully saturated rings. The minimum absolute atomic E-state index is 0.0282. The number of hydrogen-bond acceptors (Lipinski definition) is 4. The Labute approximate surface area is 102 Å². The molecule has 4 heteroatoms. The van der Waals surface area contributed by atoms with Crippen molar-refractivity contribution < 1.29 is 9.53 Å². The molecule has 0 heterocycles. The number of nitriles is 2. The summed E-state index contributed by atoms with van der Waals surface area (Å²) in [6.07, 6.45) is 3.46. The van der Waals surface area contributed by atoms with Gasteiger partial charge in [0.15, 0.2) is 5.78 Å². The summed E-state index contributed by atoms with van der Waals surface area (Å²) in [6, 6.07) is 3.98. The van der Waals surface area contributed by atoms with E-state index in [9.17, 15) is 4.79 Å². The number of ether oxygens (including phenoxy) is 1. The predicted molar refractivity (Wildman–Crippen MR) is 63.8 cm³/mol. The molecule has 1 atom stereocenters. The second kappa shape index (κ2) is 8.27. The molecule has 0 bridgehead atoms. The molecular weight excluding hydrogens is 216 g/mol. The molecule has 0 aliphatic rings. The van der Waals surface area contributed by atoms with Crippen LogP contribution in [0.4, 0.5) is 0 Å². The van der Waals surface area contributed by atoms with Gasteiger partial charge in [-0.05, 0) is 26.3 Å². The third kappa shape index (κ3) is 6.29. The third-order valence-corrected chi connectivity index (χ3v) is 1.97. The maximum Gasteiger partial charge on any atom is 0.155 e. The van der Waals surface area contributed by atoms with Crippen LogP contribution in [0.1, 0.15) is 27.2 Å². The van der Waals surface area contributed by atoms with Crippen LogP contribution in [0.3, 0.4) is 0 Å². The van der Waals surface area contributed by atoms with Gasteiger partial charge in [0, 0.05) is 5.57 Å². The molecule has 0 aromatic heterocycles. The van der Waals surface area contributed by atoms with E-state index in [-0.39, 0.29) is 12.4 Å². The van der Waals surface area contributed by atoms with Gasteiger partial charge in [0.05, 0.1) is 23.8 Å². The zero-order valence-corrected chi connectivity index (χ0v) is 10.4. The summed E-state index contributed by atoms with van der Waals surface area (Å²) in [5, 5.41) is 17.8. The van der Waals surface area contributed by atoms with Crippen molar-refractivity contribution in [3.63, 3.8) is 0 Å². The maximum absolute atomic E-state index is 10.7. The lowest BCUT2D eigenvalue weighted by molar-refractivity contribution is -0.122. The van der Waals surface area contributed by atoms with Crippen molar-refractivity contribution in [3.05, 3.63) is 23.3 Å². The molecule has 0 radical (unpaired) electrons. The Balaban J connectivity index is 4.78. The van der Waals surface area contributed by atoms with Gasteiger partial charge in [0.1, 0.15) is 6.61 Å². The molecule has 17 heavy (non-hydrogen) atoms. The van der Waals surface area contributed by atoms with E-state index in [0.29, 0.717) is 11.1 Å². The largest absolute Gasteiger partial charge is 0.365 e. The van der Waals surface area contributed by atoms with Crippen molar-refractivity contribution in [2.45, 2.75) is 33.3 Å². The highest BCUT2D eigenvalue weighted by molar-refractivity contribution is 5.76. The van der Waals surface area contributed by atoms with Crippen LogP contribution < -0.4 is 0 Å². The lowest BCUT2D eigenvalue weighted by Crippen LogP contribution is -2.15. The highest BCUT2D eigenvalue weighted by Crippen LogP contribution is 2.10. The van der Waals surface area contributed by atoms with Gasteiger partial charge < -0.3 is 4.74 Å². The molecule has 0 saturated carbocycles. The second-order valence-corrected chi connectivity index (χ2v) is 3.55. The summed E-state index contributed by atoms with van der Waals surface area (Å²) in [4.78, 5) is 10.7. The Kier molecular flexibility index (Phi) is 7.34. The van der Waals surface area contributed by atoms with Gasteiger partial charge in [-0.3, -0.25) is 4.79 Å². The quantitative estimate of drug-likeness (QED) is 0.520. The van der Waals surface area contributed by atoms with E-state index >= 15 is 0 Å². The average Bonchev–Trinajstić information content (AvgIpc) is 2.31. The molecule has 0 amide bonds. The normalized spacial score (nSPS) is 13.7. The summed E-state index contributed by atoms with van der Waals surface area (Å²) in [5.41, 5.74) is 0.773. The van der Waals surface area contributed by atoms with Crippen LogP contribution in [0.2, 0.25) is 0 Å². The highest BCUT2D eigenvalue weighted by atomic mass is 16.5. The smallest absolute Gasteiger partial charge is 0.155 e. The van der Waals surface area contributed by atoms with Crippen LogP contribution >= 0.6 is 0 Å². The summed E-state index contributed by atoms with van der Waals surface area (Å²) in [6.45, 7) is 4.98. The molecular formula is C13H16N2O2. The van der Waals surface area contributed by atoms with Crippen LogP contribution in [0.5, 0.6) is 0 Å². The zero-order valence-electron chi connectivity index (χ0n) is 10.4. The van der Waals surface area contributed by atoms with Gasteiger partial charge in [-0.15, -0.1) is 0 Å². The summed E-state index contributed by atoms with van der Waals surface area (Å²) in [7, 11) is 0. The first-order valence-corrected chi connectivity index (χ1v) is 5.38. The van der Waals surface area contributed by atoms with Crippen LogP contribution in [0.15, 0.2) is 23.3 Å². The van der Waals surface area contributed by atoms with Crippen LogP contribution in [0, 0.1) is 22.7 Å². The molecule has 4 nitrogen and oxygen atoms in total. The summed E-state index contributed by atoms with van der Waals surface area (Å²) >= 11 is 0. The minimum atomic E-state index is -0.488. The molecule has 90 valence electrons. The SMILES string of the molecule is CC/C=C(C#N)\C=C(\C#N)C(C)OCC(C)=O. The summed E-state index contributed by atoms with van der Waals surface area (Å²) in [5.74, 6) is -0.0984. The van der Waals surface area contributed by atoms with Gasteiger partial charge in [-0.2, -0.15) is 10.5 Å². The van der Waals surface area contributed by atoms with Gasteiger partial charge in [-0.1, -0.05) is 13.0 Å². The third-order valence-electron chi connectivity index (χ3n) is 1.97. The molecule has 0 aromatic rings. The van der Waals surface area contributed by atoms with Gasteiger partial charge in [-0.25, -0.2) is 0 Å². The Morgan fingerprint density at radius 3 is 2.47 bits per heavy atom. The van der Waals surface area contributed by atoms with Crippen molar-refractivity contribution in [2.24, 2.45) is 0 Å². The van der Waals surface area contributed by atoms with E-state index in [0.717, 1.165) is 6.42 Å². The van der Waals surface area contributed by atoms with E-state index in [1.807, 2.05) is 19.1 Å². The molecule has 0 saturated heterocycles. The second-order valence-electron chi connectivity index (χ2n) is 3.55. The van der Waals surface area contributed by atoms with Gasteiger partial charge >= 0.3 is 0 Å². The molecule has 0 rings (SSSR count). The summed E-state index contributed by atoms with van der Waals surface area (Å²) < 4.78 is 5.20. The molecule has 0 aromatic carbocycles. The Morgan fingerprint density at radius 1 is 1.41 bits per heavy atom. The Hall–Kier alpha value is -1.91. The molecule has 0 aliphatic heterocycles. The van der Waals surface area contributed by atoms with E-state index in [1.54, 1.807) is 13.0 Å². The van der Waals surface area contributed by atoms with Gasteiger partial charge in [0.25, 0.3) is 0 Å². The number of carbonyl (C=O) groups is 1. The molecule has 0 spiro atoms. The van der Waals surface area contributed by atoms with Crippen LogP contribution in [-0.4, -0.2) is 18.5 Å². The van der Waals surface area contributed by atoms with Crippen molar-refractivity contribution in [1.29, 1.82) is 10.5 Å². The topological polar surface area (TPSA) is 73.9 Å². The maximum atomic E-state index is 10.7. The fraction of sp³-hybridized carbons (Fsp3) is 0.462. The zero-order chi connectivity index (χ0) is 13.3. The van der Waals surface area contributed by atoms with Crippen molar-refractivity contribution in [1.82, 2.24) is 0 Å². The fourth-order valence-corrected chi connectivity index (χ4v) is 1.10. The molecule has 1 unspecified atom stereocenters. The standard InChI is InChI=1S/C13H16N2O2/c1-4-5-12(7-14)6-13(8-15)11(3)17-9-10(2)16/h5-6,11H,4,9H2,1-3H3/b12-5+,13-6-. The molecule has 0 N–H and O–H groups in total. The van der Waals surface area contributed by atoms with E-state index in [2.05, 4.69) is 0 Å². The Bertz CT molecular complexity index is 408. The van der Waals surface area contributed by atoms with E-state index in [4.69, 9.17) is 15.3 Å². The van der Waals surface area contributed by atoms with Crippen LogP contribution in [0.25, 0.3) is 0 Å². The first-order chi connectivity index (χ1) is 8.04. The predicted octanol–water partition coefficient (Wildman–Crippen LogP) is 2.29. The first kappa shape index (κ1) is 15.1. The average molecular weight is 232 g/mol. The van der Waals surface area contributed by atoms with Crippen molar-refractivity contribution >= 4 is 5.78 Å². The lowest BCUT2D eigenvalue weighted by Gasteiger charge is -2.10. The number of hydrogen-bond donors (Lipinski definition) is 0.